The van der Waals surface area contributed by atoms with E-state index >= 15 is 0 Å². The molecule has 0 fully saturated rings. The van der Waals surface area contributed by atoms with Gasteiger partial charge in [-0.2, -0.15) is 10.4 Å². The van der Waals surface area contributed by atoms with Crippen LogP contribution in [0.15, 0.2) is 77.0 Å². The molecule has 5 rings (SSSR count). The maximum Gasteiger partial charge on any atom is 0.250 e. The fraction of sp³-hybridized carbons (Fsp3) is 0.0833. The highest BCUT2D eigenvalue weighted by Crippen LogP contribution is 2.37. The quantitative estimate of drug-likeness (QED) is 0.241. The molecule has 172 valence electrons. The monoisotopic (exact) mass is 483 g/mol. The minimum atomic E-state index is -0.324. The summed E-state index contributed by atoms with van der Waals surface area (Å²) in [6, 6.07) is 22.2. The number of benzene rings is 2. The van der Waals surface area contributed by atoms with Gasteiger partial charge in [0.05, 0.1) is 17.7 Å². The molecule has 1 aliphatic heterocycles. The zero-order valence-corrected chi connectivity index (χ0v) is 19.0. The molecule has 0 radical (unpaired) electrons. The van der Waals surface area contributed by atoms with E-state index in [9.17, 15) is 4.79 Å². The van der Waals surface area contributed by atoms with Crippen molar-refractivity contribution in [2.45, 2.75) is 5.16 Å². The summed E-state index contributed by atoms with van der Waals surface area (Å²) in [5, 5.41) is 22.1. The number of hydrogen-bond donors (Lipinski definition) is 1. The van der Waals surface area contributed by atoms with E-state index in [1.54, 1.807) is 18.2 Å². The summed E-state index contributed by atoms with van der Waals surface area (Å²) in [7, 11) is 0. The van der Waals surface area contributed by atoms with Crippen LogP contribution in [0.1, 0.15) is 11.4 Å². The van der Waals surface area contributed by atoms with Gasteiger partial charge in [-0.15, -0.1) is 10.2 Å². The highest BCUT2D eigenvalue weighted by molar-refractivity contribution is 7.99. The average molecular weight is 484 g/mol. The minimum Gasteiger partial charge on any atom is -0.454 e. The lowest BCUT2D eigenvalue weighted by Gasteiger charge is -2.10. The molecule has 0 aliphatic carbocycles. The number of nitriles is 1. The summed E-state index contributed by atoms with van der Waals surface area (Å²) in [5.74, 6) is 1.68. The number of amides is 1. The lowest BCUT2D eigenvalue weighted by atomic mass is 10.2. The predicted molar refractivity (Wildman–Crippen MR) is 128 cm³/mol. The number of rotatable bonds is 7. The number of hydrazone groups is 1. The summed E-state index contributed by atoms with van der Waals surface area (Å²) in [4.78, 5) is 16.5. The van der Waals surface area contributed by atoms with Gasteiger partial charge in [-0.3, -0.25) is 9.36 Å². The molecule has 2 aromatic heterocycles. The zero-order valence-electron chi connectivity index (χ0n) is 18.2. The Balaban J connectivity index is 1.33. The van der Waals surface area contributed by atoms with Crippen LogP contribution in [0.3, 0.4) is 0 Å². The third-order valence-electron chi connectivity index (χ3n) is 4.88. The van der Waals surface area contributed by atoms with Gasteiger partial charge < -0.3 is 9.47 Å². The topological polar surface area (TPSA) is 127 Å². The second kappa shape index (κ2) is 10.1. The first-order valence-electron chi connectivity index (χ1n) is 10.4. The number of carbonyl (C=O) groups is 1. The fourth-order valence-electron chi connectivity index (χ4n) is 3.31. The van der Waals surface area contributed by atoms with Crippen LogP contribution in [0.4, 0.5) is 0 Å². The van der Waals surface area contributed by atoms with Crippen molar-refractivity contribution in [3.63, 3.8) is 0 Å². The molecule has 0 spiro atoms. The molecule has 35 heavy (non-hydrogen) atoms. The Labute approximate surface area is 204 Å². The predicted octanol–water partition coefficient (Wildman–Crippen LogP) is 3.17. The van der Waals surface area contributed by atoms with Crippen molar-refractivity contribution in [1.29, 1.82) is 5.26 Å². The summed E-state index contributed by atoms with van der Waals surface area (Å²) in [6.07, 6.45) is 1.38. The van der Waals surface area contributed by atoms with E-state index in [2.05, 4.69) is 25.7 Å². The second-order valence-electron chi connectivity index (χ2n) is 7.19. The zero-order chi connectivity index (χ0) is 24.0. The van der Waals surface area contributed by atoms with E-state index in [1.165, 1.54) is 18.0 Å². The van der Waals surface area contributed by atoms with Gasteiger partial charge in [-0.25, -0.2) is 10.4 Å². The van der Waals surface area contributed by atoms with Crippen molar-refractivity contribution in [3.8, 4) is 34.6 Å². The first kappa shape index (κ1) is 22.1. The number of pyridine rings is 1. The average Bonchev–Trinajstić information content (AvgIpc) is 3.54. The van der Waals surface area contributed by atoms with E-state index in [-0.39, 0.29) is 24.1 Å². The molecule has 10 nitrogen and oxygen atoms in total. The number of nitrogens with one attached hydrogen (secondary N) is 1. The van der Waals surface area contributed by atoms with Crippen LogP contribution in [-0.4, -0.2) is 44.4 Å². The smallest absolute Gasteiger partial charge is 0.250 e. The molecule has 4 aromatic rings. The van der Waals surface area contributed by atoms with Gasteiger partial charge >= 0.3 is 0 Å². The van der Waals surface area contributed by atoms with E-state index in [4.69, 9.17) is 14.7 Å². The minimum absolute atomic E-state index is 0.0646. The Morgan fingerprint density at radius 1 is 1.11 bits per heavy atom. The summed E-state index contributed by atoms with van der Waals surface area (Å²) >= 11 is 1.23. The number of para-hydroxylation sites is 1. The summed E-state index contributed by atoms with van der Waals surface area (Å²) in [5.41, 5.74) is 4.86. The molecule has 1 aliphatic rings. The fourth-order valence-corrected chi connectivity index (χ4v) is 4.06. The first-order chi connectivity index (χ1) is 17.2. The number of fused-ring (bicyclic) bond motifs is 1. The molecule has 1 amide bonds. The third-order valence-corrected chi connectivity index (χ3v) is 5.81. The van der Waals surface area contributed by atoms with E-state index in [0.29, 0.717) is 28.2 Å². The van der Waals surface area contributed by atoms with E-state index in [1.807, 2.05) is 59.2 Å². The third kappa shape index (κ3) is 4.97. The maximum atomic E-state index is 12.4. The summed E-state index contributed by atoms with van der Waals surface area (Å²) in [6.45, 7) is 0.183. The molecule has 11 heteroatoms. The van der Waals surface area contributed by atoms with Crippen LogP contribution in [-0.2, 0) is 4.79 Å². The normalized spacial score (nSPS) is 12.0. The summed E-state index contributed by atoms with van der Waals surface area (Å²) < 4.78 is 12.8. The molecular weight excluding hydrogens is 466 g/mol. The molecule has 2 aromatic carbocycles. The van der Waals surface area contributed by atoms with Gasteiger partial charge in [0.25, 0.3) is 5.91 Å². The van der Waals surface area contributed by atoms with Gasteiger partial charge in [0, 0.05) is 11.3 Å². The number of hydrogen-bond acceptors (Lipinski definition) is 9. The van der Waals surface area contributed by atoms with Crippen LogP contribution < -0.4 is 14.9 Å². The second-order valence-corrected chi connectivity index (χ2v) is 8.13. The van der Waals surface area contributed by atoms with Crippen LogP contribution >= 0.6 is 11.8 Å². The lowest BCUT2D eigenvalue weighted by molar-refractivity contribution is -0.118. The Hall–Kier alpha value is -4.69. The molecule has 0 bridgehead atoms. The number of aromatic nitrogens is 4. The van der Waals surface area contributed by atoms with E-state index in [0.717, 1.165) is 11.3 Å². The molecule has 0 unspecified atom stereocenters. The van der Waals surface area contributed by atoms with Gasteiger partial charge in [0.2, 0.25) is 6.79 Å². The standard InChI is InChI=1S/C24H17N7O3S/c25-12-17-5-4-6-18(27-17)13-26-28-22(32)14-35-24-30-29-23(31(24)19-7-2-1-3-8-19)16-9-10-20-21(11-16)34-15-33-20/h1-11,13H,14-15H2,(H,28,32)/b26-13+. The number of ether oxygens (including phenoxy) is 2. The highest BCUT2D eigenvalue weighted by atomic mass is 32.2. The van der Waals surface area contributed by atoms with Crippen LogP contribution in [0.2, 0.25) is 0 Å². The Bertz CT molecular complexity index is 1450. The highest BCUT2D eigenvalue weighted by Gasteiger charge is 2.20. The van der Waals surface area contributed by atoms with Crippen molar-refractivity contribution in [2.24, 2.45) is 5.10 Å². The van der Waals surface area contributed by atoms with Gasteiger partial charge in [-0.1, -0.05) is 36.0 Å². The molecule has 3 heterocycles. The van der Waals surface area contributed by atoms with Crippen molar-refractivity contribution in [1.82, 2.24) is 25.2 Å². The van der Waals surface area contributed by atoms with Crippen LogP contribution in [0.25, 0.3) is 17.1 Å². The van der Waals surface area contributed by atoms with Crippen LogP contribution in [0, 0.1) is 11.3 Å². The molecular formula is C24H17N7O3S. The Morgan fingerprint density at radius 3 is 2.83 bits per heavy atom. The Morgan fingerprint density at radius 2 is 1.97 bits per heavy atom. The van der Waals surface area contributed by atoms with Gasteiger partial charge in [0.1, 0.15) is 11.8 Å². The molecule has 0 saturated heterocycles. The van der Waals surface area contributed by atoms with Gasteiger partial charge in [0.15, 0.2) is 22.5 Å². The van der Waals surface area contributed by atoms with Crippen molar-refractivity contribution < 1.29 is 14.3 Å². The van der Waals surface area contributed by atoms with Crippen molar-refractivity contribution >= 4 is 23.9 Å². The number of thioether (sulfide) groups is 1. The SMILES string of the molecule is N#Cc1cccc(/C=N/NC(=O)CSc2nnc(-c3ccc4c(c3)OCO4)n2-c2ccccc2)n1. The van der Waals surface area contributed by atoms with Crippen LogP contribution in [0.5, 0.6) is 11.5 Å². The first-order valence-corrected chi connectivity index (χ1v) is 11.4. The molecule has 0 saturated carbocycles. The molecule has 0 atom stereocenters. The Kier molecular flexibility index (Phi) is 6.36. The largest absolute Gasteiger partial charge is 0.454 e. The lowest BCUT2D eigenvalue weighted by Crippen LogP contribution is -2.20. The van der Waals surface area contributed by atoms with Gasteiger partial charge in [-0.05, 0) is 42.5 Å². The number of nitrogens with zero attached hydrogens (tertiary/aromatic N) is 6. The van der Waals surface area contributed by atoms with E-state index < -0.39 is 0 Å². The number of carbonyl (C=O) groups excluding carboxylic acids is 1. The van der Waals surface area contributed by atoms with Crippen molar-refractivity contribution in [3.05, 3.63) is 78.1 Å². The maximum absolute atomic E-state index is 12.4. The molecule has 1 N–H and O–H groups in total. The van der Waals surface area contributed by atoms with Crippen molar-refractivity contribution in [2.75, 3.05) is 12.5 Å².